The molecule has 4 aromatic rings. The van der Waals surface area contributed by atoms with Gasteiger partial charge in [-0.3, -0.25) is 0 Å². The van der Waals surface area contributed by atoms with Crippen LogP contribution < -0.4 is 10.9 Å². The van der Waals surface area contributed by atoms with Crippen LogP contribution in [-0.2, 0) is 29.4 Å². The second-order valence-corrected chi connectivity index (χ2v) is 9.74. The van der Waals surface area contributed by atoms with E-state index in [1.807, 2.05) is 24.3 Å². The summed E-state index contributed by atoms with van der Waals surface area (Å²) in [5, 5.41) is 6.27. The van der Waals surface area contributed by atoms with Crippen molar-refractivity contribution < 1.29 is 12.8 Å². The molecule has 0 bridgehead atoms. The summed E-state index contributed by atoms with van der Waals surface area (Å²) in [6.07, 6.45) is 4.44. The Kier molecular flexibility index (Phi) is 6.62. The molecule has 0 saturated heterocycles. The number of primary sulfonamides is 1. The zero-order valence-corrected chi connectivity index (χ0v) is 19.4. The maximum absolute atomic E-state index is 14.4. The second kappa shape index (κ2) is 9.44. The molecule has 4 N–H and O–H groups in total. The lowest BCUT2D eigenvalue weighted by atomic mass is 10.1. The molecule has 0 amide bonds. The third kappa shape index (κ3) is 4.69. The summed E-state index contributed by atoms with van der Waals surface area (Å²) in [6, 6.07) is 11.8. The molecule has 0 spiro atoms. The van der Waals surface area contributed by atoms with Gasteiger partial charge in [0.05, 0.1) is 15.9 Å². The normalized spacial score (nSPS) is 12.1. The van der Waals surface area contributed by atoms with E-state index in [4.69, 9.17) is 15.9 Å². The number of hydrogen-bond donors (Lipinski definition) is 2. The molecule has 2 aromatic heterocycles. The van der Waals surface area contributed by atoms with Crippen LogP contribution in [0.4, 0.5) is 10.2 Å². The molecule has 0 aliphatic carbocycles. The molecule has 0 aliphatic heterocycles. The first-order chi connectivity index (χ1) is 15.8. The smallest absolute Gasteiger partial charge is 0.238 e. The molecule has 4 rings (SSSR count). The Labute approximate surface area is 192 Å². The average Bonchev–Trinajstić information content (AvgIpc) is 3.14. The third-order valence-corrected chi connectivity index (χ3v) is 6.88. The minimum Gasteiger partial charge on any atom is -0.382 e. The summed E-state index contributed by atoms with van der Waals surface area (Å²) < 4.78 is 40.3. The number of aryl methyl sites for hydroxylation is 2. The first-order valence-electron chi connectivity index (χ1n) is 11.1. The van der Waals surface area contributed by atoms with Crippen molar-refractivity contribution in [1.82, 2.24) is 14.5 Å². The van der Waals surface area contributed by atoms with E-state index in [-0.39, 0.29) is 16.9 Å². The van der Waals surface area contributed by atoms with E-state index in [2.05, 4.69) is 16.5 Å². The number of halogens is 1. The highest BCUT2D eigenvalue weighted by molar-refractivity contribution is 7.89. The summed E-state index contributed by atoms with van der Waals surface area (Å²) in [5.41, 5.74) is 8.85. The van der Waals surface area contributed by atoms with Crippen molar-refractivity contribution in [3.63, 3.8) is 0 Å². The van der Waals surface area contributed by atoms with Crippen molar-refractivity contribution in [2.75, 3.05) is 5.73 Å². The molecule has 7 nitrogen and oxygen atoms in total. The summed E-state index contributed by atoms with van der Waals surface area (Å²) in [5.74, 6) is 0.806. The molecule has 0 aliphatic rings. The van der Waals surface area contributed by atoms with Crippen LogP contribution in [0.5, 0.6) is 0 Å². The maximum Gasteiger partial charge on any atom is 0.238 e. The van der Waals surface area contributed by atoms with Crippen LogP contribution in [0.15, 0.2) is 47.4 Å². The number of unbranched alkanes of at least 4 members (excludes halogenated alkanes) is 2. The van der Waals surface area contributed by atoms with Crippen molar-refractivity contribution in [2.45, 2.75) is 56.9 Å². The van der Waals surface area contributed by atoms with Gasteiger partial charge in [0.25, 0.3) is 0 Å². The average molecular weight is 470 g/mol. The summed E-state index contributed by atoms with van der Waals surface area (Å²) >= 11 is 0. The van der Waals surface area contributed by atoms with Gasteiger partial charge in [0.15, 0.2) is 5.82 Å². The third-order valence-electron chi connectivity index (χ3n) is 5.88. The second-order valence-electron chi connectivity index (χ2n) is 8.21. The van der Waals surface area contributed by atoms with Crippen LogP contribution >= 0.6 is 0 Å². The Hall–Kier alpha value is -3.04. The number of pyridine rings is 1. The zero-order chi connectivity index (χ0) is 23.6. The van der Waals surface area contributed by atoms with Gasteiger partial charge in [-0.1, -0.05) is 37.6 Å². The molecule has 2 aromatic carbocycles. The molecular formula is C24H28FN5O2S. The predicted octanol–water partition coefficient (Wildman–Crippen LogP) is 4.32. The molecule has 174 valence electrons. The highest BCUT2D eigenvalue weighted by atomic mass is 32.2. The van der Waals surface area contributed by atoms with Gasteiger partial charge in [0.1, 0.15) is 17.2 Å². The topological polar surface area (TPSA) is 117 Å². The van der Waals surface area contributed by atoms with Crippen molar-refractivity contribution in [3.05, 3.63) is 59.7 Å². The minimum absolute atomic E-state index is 0.139. The van der Waals surface area contributed by atoms with E-state index in [1.165, 1.54) is 18.2 Å². The number of fused-ring (bicyclic) bond motifs is 3. The number of rotatable bonds is 9. The Morgan fingerprint density at radius 3 is 2.55 bits per heavy atom. The molecule has 0 saturated carbocycles. The molecule has 0 radical (unpaired) electrons. The van der Waals surface area contributed by atoms with Gasteiger partial charge in [0, 0.05) is 23.9 Å². The van der Waals surface area contributed by atoms with Crippen molar-refractivity contribution in [3.8, 4) is 0 Å². The zero-order valence-electron chi connectivity index (χ0n) is 18.6. The van der Waals surface area contributed by atoms with E-state index >= 15 is 0 Å². The first-order valence-corrected chi connectivity index (χ1v) is 12.7. The fraction of sp³-hybridized carbons (Fsp3) is 0.333. The number of aromatic nitrogens is 3. The number of nitrogens with two attached hydrogens (primary N) is 2. The van der Waals surface area contributed by atoms with Crippen molar-refractivity contribution in [1.29, 1.82) is 0 Å². The number of anilines is 1. The fourth-order valence-electron chi connectivity index (χ4n) is 4.29. The van der Waals surface area contributed by atoms with E-state index < -0.39 is 15.8 Å². The molecule has 0 atom stereocenters. The summed E-state index contributed by atoms with van der Waals surface area (Å²) in [7, 11) is -3.99. The SMILES string of the molecule is CCCCc1nc2c(N)nc3ccccc3c2n1CCCCc1c(F)cccc1S(N)(=O)=O. The monoisotopic (exact) mass is 469 g/mol. The Morgan fingerprint density at radius 1 is 1.00 bits per heavy atom. The molecular weight excluding hydrogens is 441 g/mol. The molecule has 9 heteroatoms. The summed E-state index contributed by atoms with van der Waals surface area (Å²) in [6.45, 7) is 2.79. The highest BCUT2D eigenvalue weighted by Crippen LogP contribution is 2.30. The summed E-state index contributed by atoms with van der Waals surface area (Å²) in [4.78, 5) is 9.18. The number of hydrogen-bond acceptors (Lipinski definition) is 5. The fourth-order valence-corrected chi connectivity index (χ4v) is 5.10. The standard InChI is InChI=1S/C24H28FN5O2S/c1-2-3-14-21-29-22-23(17-10-4-5-12-19(17)28-24(22)26)30(21)15-7-6-9-16-18(25)11-8-13-20(16)33(27,31)32/h4-5,8,10-13H,2-3,6-7,9,14-15H2,1H3,(H2,26,28)(H2,27,31,32). The lowest BCUT2D eigenvalue weighted by Gasteiger charge is -2.12. The molecule has 33 heavy (non-hydrogen) atoms. The Balaban J connectivity index is 1.64. The van der Waals surface area contributed by atoms with E-state index in [9.17, 15) is 12.8 Å². The van der Waals surface area contributed by atoms with Gasteiger partial charge in [-0.05, 0) is 43.9 Å². The van der Waals surface area contributed by atoms with E-state index in [0.29, 0.717) is 30.7 Å². The number of imidazole rings is 1. The van der Waals surface area contributed by atoms with Crippen LogP contribution in [0.2, 0.25) is 0 Å². The van der Waals surface area contributed by atoms with Crippen molar-refractivity contribution >= 4 is 37.8 Å². The molecule has 2 heterocycles. The Morgan fingerprint density at radius 2 is 1.79 bits per heavy atom. The number of nitrogen functional groups attached to an aromatic ring is 1. The van der Waals surface area contributed by atoms with Crippen LogP contribution in [0.25, 0.3) is 21.9 Å². The number of nitrogens with zero attached hydrogens (tertiary/aromatic N) is 3. The lowest BCUT2D eigenvalue weighted by molar-refractivity contribution is 0.559. The maximum atomic E-state index is 14.4. The van der Waals surface area contributed by atoms with Crippen molar-refractivity contribution in [2.24, 2.45) is 5.14 Å². The predicted molar refractivity (Wildman–Crippen MR) is 129 cm³/mol. The quantitative estimate of drug-likeness (QED) is 0.354. The lowest BCUT2D eigenvalue weighted by Crippen LogP contribution is -2.15. The van der Waals surface area contributed by atoms with E-state index in [0.717, 1.165) is 41.5 Å². The van der Waals surface area contributed by atoms with Gasteiger partial charge in [-0.15, -0.1) is 0 Å². The van der Waals surface area contributed by atoms with Crippen LogP contribution in [-0.4, -0.2) is 23.0 Å². The minimum atomic E-state index is -3.99. The van der Waals surface area contributed by atoms with Gasteiger partial charge in [-0.25, -0.2) is 27.9 Å². The first kappa shape index (κ1) is 23.1. The van der Waals surface area contributed by atoms with Crippen LogP contribution in [0.3, 0.4) is 0 Å². The molecule has 0 unspecified atom stereocenters. The molecule has 0 fully saturated rings. The number of benzene rings is 2. The van der Waals surface area contributed by atoms with Crippen LogP contribution in [0.1, 0.15) is 44.0 Å². The van der Waals surface area contributed by atoms with Gasteiger partial charge < -0.3 is 10.3 Å². The highest BCUT2D eigenvalue weighted by Gasteiger charge is 2.19. The number of sulfonamides is 1. The Bertz CT molecular complexity index is 1420. The van der Waals surface area contributed by atoms with Crippen LogP contribution in [0, 0.1) is 5.82 Å². The van der Waals surface area contributed by atoms with Gasteiger partial charge >= 0.3 is 0 Å². The van der Waals surface area contributed by atoms with Gasteiger partial charge in [-0.2, -0.15) is 0 Å². The largest absolute Gasteiger partial charge is 0.382 e. The van der Waals surface area contributed by atoms with E-state index in [1.54, 1.807) is 0 Å². The van der Waals surface area contributed by atoms with Gasteiger partial charge in [0.2, 0.25) is 10.0 Å². The number of para-hydroxylation sites is 1.